The van der Waals surface area contributed by atoms with E-state index in [0.717, 1.165) is 31.2 Å². The van der Waals surface area contributed by atoms with Crippen molar-refractivity contribution in [3.63, 3.8) is 0 Å². The van der Waals surface area contributed by atoms with Crippen LogP contribution in [-0.2, 0) is 20.9 Å². The van der Waals surface area contributed by atoms with Gasteiger partial charge in [-0.3, -0.25) is 14.4 Å². The number of nitrogens with one attached hydrogen (secondary N) is 2. The highest BCUT2D eigenvalue weighted by atomic mass is 16.2. The van der Waals surface area contributed by atoms with Gasteiger partial charge in [-0.05, 0) is 31.4 Å². The second-order valence-corrected chi connectivity index (χ2v) is 6.73. The summed E-state index contributed by atoms with van der Waals surface area (Å²) in [6, 6.07) is 6.76. The standard InChI is InChI=1S/C19H27N3O3/c1-13(20-19(25)15-8-4-5-9-15)18(24)21-17-11-7-6-10-16(17)12-22(3)14(2)23/h6-7,10-11,13,15H,4-5,8-9,12H2,1-3H3,(H,20,25)(H,21,24)/t13-/m0/s1. The van der Waals surface area contributed by atoms with E-state index in [4.69, 9.17) is 0 Å². The average molecular weight is 345 g/mol. The lowest BCUT2D eigenvalue weighted by molar-refractivity contribution is -0.129. The fraction of sp³-hybridized carbons (Fsp3) is 0.526. The molecule has 2 N–H and O–H groups in total. The zero-order valence-corrected chi connectivity index (χ0v) is 15.2. The van der Waals surface area contributed by atoms with E-state index in [0.29, 0.717) is 12.2 Å². The SMILES string of the molecule is CC(=O)N(C)Cc1ccccc1NC(=O)[C@H](C)NC(=O)C1CCCC1. The summed E-state index contributed by atoms with van der Waals surface area (Å²) in [5.74, 6) is -0.306. The number of anilines is 1. The molecule has 136 valence electrons. The summed E-state index contributed by atoms with van der Waals surface area (Å²) in [5.41, 5.74) is 1.51. The Morgan fingerprint density at radius 1 is 1.20 bits per heavy atom. The molecule has 0 saturated heterocycles. The molecule has 0 aliphatic heterocycles. The van der Waals surface area contributed by atoms with Crippen LogP contribution in [0.5, 0.6) is 0 Å². The zero-order valence-electron chi connectivity index (χ0n) is 15.2. The van der Waals surface area contributed by atoms with Crippen molar-refractivity contribution in [1.29, 1.82) is 0 Å². The Bertz CT molecular complexity index is 639. The van der Waals surface area contributed by atoms with Crippen molar-refractivity contribution in [2.75, 3.05) is 12.4 Å². The maximum atomic E-state index is 12.4. The molecular weight excluding hydrogens is 318 g/mol. The van der Waals surface area contributed by atoms with Crippen molar-refractivity contribution in [2.45, 2.75) is 52.1 Å². The summed E-state index contributed by atoms with van der Waals surface area (Å²) >= 11 is 0. The number of para-hydroxylation sites is 1. The molecule has 6 nitrogen and oxygen atoms in total. The quantitative estimate of drug-likeness (QED) is 0.830. The first kappa shape index (κ1) is 19.0. The first-order chi connectivity index (χ1) is 11.9. The summed E-state index contributed by atoms with van der Waals surface area (Å²) in [6.45, 7) is 3.60. The fourth-order valence-electron chi connectivity index (χ4n) is 2.97. The Morgan fingerprint density at radius 3 is 2.48 bits per heavy atom. The molecule has 0 heterocycles. The molecule has 1 aromatic rings. The largest absolute Gasteiger partial charge is 0.344 e. The molecule has 0 bridgehead atoms. The van der Waals surface area contributed by atoms with E-state index in [1.807, 2.05) is 18.2 Å². The van der Waals surface area contributed by atoms with Crippen LogP contribution in [0.25, 0.3) is 0 Å². The third-order valence-electron chi connectivity index (χ3n) is 4.70. The van der Waals surface area contributed by atoms with Crippen LogP contribution in [0.4, 0.5) is 5.69 Å². The van der Waals surface area contributed by atoms with Crippen LogP contribution in [0.3, 0.4) is 0 Å². The molecule has 6 heteroatoms. The van der Waals surface area contributed by atoms with Crippen LogP contribution in [0.1, 0.15) is 45.1 Å². The van der Waals surface area contributed by atoms with Crippen LogP contribution in [0.15, 0.2) is 24.3 Å². The highest BCUT2D eigenvalue weighted by Gasteiger charge is 2.25. The number of carbonyl (C=O) groups excluding carboxylic acids is 3. The number of amides is 3. The van der Waals surface area contributed by atoms with E-state index >= 15 is 0 Å². The minimum absolute atomic E-state index is 0.0340. The molecule has 1 aliphatic carbocycles. The fourth-order valence-corrected chi connectivity index (χ4v) is 2.97. The van der Waals surface area contributed by atoms with Crippen molar-refractivity contribution in [2.24, 2.45) is 5.92 Å². The first-order valence-corrected chi connectivity index (χ1v) is 8.79. The molecule has 1 fully saturated rings. The third kappa shape index (κ3) is 5.31. The Balaban J connectivity index is 1.97. The molecule has 2 rings (SSSR count). The van der Waals surface area contributed by atoms with Crippen molar-refractivity contribution in [3.05, 3.63) is 29.8 Å². The lowest BCUT2D eigenvalue weighted by Crippen LogP contribution is -2.43. The topological polar surface area (TPSA) is 78.5 Å². The lowest BCUT2D eigenvalue weighted by atomic mass is 10.1. The predicted molar refractivity (Wildman–Crippen MR) is 96.8 cm³/mol. The second kappa shape index (κ2) is 8.65. The normalized spacial score (nSPS) is 15.5. The molecule has 0 radical (unpaired) electrons. The van der Waals surface area contributed by atoms with Gasteiger partial charge in [-0.15, -0.1) is 0 Å². The van der Waals surface area contributed by atoms with E-state index in [2.05, 4.69) is 10.6 Å². The zero-order chi connectivity index (χ0) is 18.4. The van der Waals surface area contributed by atoms with Gasteiger partial charge in [0.2, 0.25) is 17.7 Å². The van der Waals surface area contributed by atoms with Crippen molar-refractivity contribution < 1.29 is 14.4 Å². The van der Waals surface area contributed by atoms with E-state index in [1.54, 1.807) is 24.9 Å². The van der Waals surface area contributed by atoms with Crippen LogP contribution in [0.2, 0.25) is 0 Å². The Morgan fingerprint density at radius 2 is 1.84 bits per heavy atom. The maximum Gasteiger partial charge on any atom is 0.246 e. The van der Waals surface area contributed by atoms with Gasteiger partial charge >= 0.3 is 0 Å². The number of hydrogen-bond donors (Lipinski definition) is 2. The van der Waals surface area contributed by atoms with Gasteiger partial charge in [0.15, 0.2) is 0 Å². The van der Waals surface area contributed by atoms with Crippen LogP contribution in [0, 0.1) is 5.92 Å². The molecule has 1 aromatic carbocycles. The molecule has 0 unspecified atom stereocenters. The van der Waals surface area contributed by atoms with Gasteiger partial charge in [-0.2, -0.15) is 0 Å². The molecule has 1 aliphatic rings. The minimum atomic E-state index is -0.605. The summed E-state index contributed by atoms with van der Waals surface area (Å²) in [6.07, 6.45) is 3.96. The van der Waals surface area contributed by atoms with E-state index < -0.39 is 6.04 Å². The molecule has 0 spiro atoms. The Hall–Kier alpha value is -2.37. The van der Waals surface area contributed by atoms with Gasteiger partial charge in [0, 0.05) is 32.1 Å². The van der Waals surface area contributed by atoms with Crippen LogP contribution in [-0.4, -0.2) is 35.7 Å². The number of benzene rings is 1. The molecule has 1 atom stereocenters. The minimum Gasteiger partial charge on any atom is -0.344 e. The van der Waals surface area contributed by atoms with Gasteiger partial charge in [-0.1, -0.05) is 31.0 Å². The first-order valence-electron chi connectivity index (χ1n) is 8.79. The number of nitrogens with zero attached hydrogens (tertiary/aromatic N) is 1. The summed E-state index contributed by atoms with van der Waals surface area (Å²) in [7, 11) is 1.71. The van der Waals surface area contributed by atoms with Gasteiger partial charge in [0.1, 0.15) is 6.04 Å². The van der Waals surface area contributed by atoms with Crippen LogP contribution >= 0.6 is 0 Å². The van der Waals surface area contributed by atoms with Gasteiger partial charge in [0.05, 0.1) is 0 Å². The molecule has 25 heavy (non-hydrogen) atoms. The highest BCUT2D eigenvalue weighted by Crippen LogP contribution is 2.24. The van der Waals surface area contributed by atoms with Gasteiger partial charge < -0.3 is 15.5 Å². The predicted octanol–water partition coefficient (Wildman–Crippen LogP) is 2.30. The number of carbonyl (C=O) groups is 3. The Labute approximate surface area is 149 Å². The van der Waals surface area contributed by atoms with Gasteiger partial charge in [0.25, 0.3) is 0 Å². The maximum absolute atomic E-state index is 12.4. The molecule has 3 amide bonds. The third-order valence-corrected chi connectivity index (χ3v) is 4.70. The van der Waals surface area contributed by atoms with E-state index in [-0.39, 0.29) is 23.6 Å². The molecule has 1 saturated carbocycles. The summed E-state index contributed by atoms with van der Waals surface area (Å²) < 4.78 is 0. The highest BCUT2D eigenvalue weighted by molar-refractivity contribution is 5.97. The van der Waals surface area contributed by atoms with E-state index in [1.165, 1.54) is 6.92 Å². The monoisotopic (exact) mass is 345 g/mol. The second-order valence-electron chi connectivity index (χ2n) is 6.73. The summed E-state index contributed by atoms with van der Waals surface area (Å²) in [5, 5.41) is 5.66. The Kier molecular flexibility index (Phi) is 6.56. The van der Waals surface area contributed by atoms with E-state index in [9.17, 15) is 14.4 Å². The van der Waals surface area contributed by atoms with Crippen molar-refractivity contribution >= 4 is 23.4 Å². The van der Waals surface area contributed by atoms with Crippen molar-refractivity contribution in [1.82, 2.24) is 10.2 Å². The van der Waals surface area contributed by atoms with Crippen molar-refractivity contribution in [3.8, 4) is 0 Å². The molecular formula is C19H27N3O3. The summed E-state index contributed by atoms with van der Waals surface area (Å²) in [4.78, 5) is 37.6. The number of rotatable bonds is 6. The molecule has 0 aromatic heterocycles. The lowest BCUT2D eigenvalue weighted by Gasteiger charge is -2.20. The average Bonchev–Trinajstić information content (AvgIpc) is 3.11. The van der Waals surface area contributed by atoms with Crippen LogP contribution < -0.4 is 10.6 Å². The van der Waals surface area contributed by atoms with Gasteiger partial charge in [-0.25, -0.2) is 0 Å². The number of hydrogen-bond acceptors (Lipinski definition) is 3. The smallest absolute Gasteiger partial charge is 0.246 e.